The third-order valence-corrected chi connectivity index (χ3v) is 7.81. The topological polar surface area (TPSA) is 75.9 Å². The van der Waals surface area contributed by atoms with Crippen LogP contribution < -0.4 is 5.32 Å². The van der Waals surface area contributed by atoms with Gasteiger partial charge in [-0.2, -0.15) is 0 Å². The zero-order valence-corrected chi connectivity index (χ0v) is 23.0. The molecule has 1 aliphatic carbocycles. The number of imidazole rings is 1. The maximum Gasteiger partial charge on any atom is 0.254 e. The average Bonchev–Trinajstić information content (AvgIpc) is 3.24. The van der Waals surface area contributed by atoms with E-state index >= 15 is 0 Å². The predicted octanol–water partition coefficient (Wildman–Crippen LogP) is 5.84. The standard InChI is InChI=1S/C29H30Cl2N6O/c1-19-25(35-18-36(19)2)17-37(26-7-3-5-22-6-4-12-33-28(22)26)16-21-10-8-20(9-11-21)13-34-29(38)27-23(30)14-32-15-24(27)31/h4,6,8-12,14-15,18,26H,3,5,7,13,16-17H2,1-2H3,(H,34,38). The Kier molecular flexibility index (Phi) is 8.07. The summed E-state index contributed by atoms with van der Waals surface area (Å²) in [6.07, 6.45) is 9.89. The van der Waals surface area contributed by atoms with E-state index < -0.39 is 0 Å². The van der Waals surface area contributed by atoms with Crippen LogP contribution in [-0.4, -0.2) is 30.3 Å². The highest BCUT2D eigenvalue weighted by Gasteiger charge is 2.28. The highest BCUT2D eigenvalue weighted by molar-refractivity contribution is 6.39. The van der Waals surface area contributed by atoms with Crippen LogP contribution >= 0.6 is 23.2 Å². The van der Waals surface area contributed by atoms with E-state index in [0.717, 1.165) is 43.6 Å². The maximum atomic E-state index is 12.6. The lowest BCUT2D eigenvalue weighted by Gasteiger charge is -2.35. The smallest absolute Gasteiger partial charge is 0.254 e. The number of fused-ring (bicyclic) bond motifs is 1. The van der Waals surface area contributed by atoms with Gasteiger partial charge in [-0.15, -0.1) is 0 Å². The number of hydrogen-bond donors (Lipinski definition) is 1. The largest absolute Gasteiger partial charge is 0.348 e. The van der Waals surface area contributed by atoms with Gasteiger partial charge in [-0.05, 0) is 48.9 Å². The molecular formula is C29H30Cl2N6O. The fourth-order valence-electron chi connectivity index (χ4n) is 5.00. The molecule has 7 nitrogen and oxygen atoms in total. The molecule has 0 fully saturated rings. The Bertz CT molecular complexity index is 1420. The molecule has 5 rings (SSSR count). The molecule has 3 heterocycles. The maximum absolute atomic E-state index is 12.6. The Hall–Kier alpha value is -3.26. The van der Waals surface area contributed by atoms with Crippen molar-refractivity contribution < 1.29 is 4.79 Å². The van der Waals surface area contributed by atoms with E-state index in [2.05, 4.69) is 49.9 Å². The average molecular weight is 550 g/mol. The Morgan fingerprint density at radius 3 is 2.53 bits per heavy atom. The lowest BCUT2D eigenvalue weighted by molar-refractivity contribution is 0.0951. The number of carbonyl (C=O) groups excluding carboxylic acids is 1. The summed E-state index contributed by atoms with van der Waals surface area (Å²) in [5.41, 5.74) is 7.20. The van der Waals surface area contributed by atoms with E-state index in [1.165, 1.54) is 34.9 Å². The fourth-order valence-corrected chi connectivity index (χ4v) is 5.54. The monoisotopic (exact) mass is 548 g/mol. The lowest BCUT2D eigenvalue weighted by Crippen LogP contribution is -2.32. The normalized spacial score (nSPS) is 14.9. The number of amides is 1. The number of benzene rings is 1. The van der Waals surface area contributed by atoms with Gasteiger partial charge < -0.3 is 9.88 Å². The molecule has 0 radical (unpaired) electrons. The molecule has 1 amide bonds. The number of rotatable bonds is 8. The molecule has 196 valence electrons. The van der Waals surface area contributed by atoms with Gasteiger partial charge in [-0.25, -0.2) is 4.98 Å². The van der Waals surface area contributed by atoms with Crippen molar-refractivity contribution in [3.63, 3.8) is 0 Å². The summed E-state index contributed by atoms with van der Waals surface area (Å²) < 4.78 is 2.07. The molecule has 0 spiro atoms. The van der Waals surface area contributed by atoms with Crippen LogP contribution in [-0.2, 0) is 33.1 Å². The third-order valence-electron chi connectivity index (χ3n) is 7.23. The number of pyridine rings is 2. The summed E-state index contributed by atoms with van der Waals surface area (Å²) in [4.78, 5) is 28.5. The second-order valence-electron chi connectivity index (χ2n) is 9.73. The molecule has 0 saturated carbocycles. The van der Waals surface area contributed by atoms with Gasteiger partial charge in [-0.1, -0.05) is 53.5 Å². The summed E-state index contributed by atoms with van der Waals surface area (Å²) in [5, 5.41) is 3.35. The van der Waals surface area contributed by atoms with Gasteiger partial charge in [-0.3, -0.25) is 19.7 Å². The zero-order valence-electron chi connectivity index (χ0n) is 21.5. The van der Waals surface area contributed by atoms with Crippen LogP contribution in [0.1, 0.15) is 63.0 Å². The molecule has 9 heteroatoms. The van der Waals surface area contributed by atoms with Crippen LogP contribution in [0.2, 0.25) is 10.0 Å². The van der Waals surface area contributed by atoms with Crippen molar-refractivity contribution in [2.75, 3.05) is 0 Å². The SMILES string of the molecule is Cc1c(CN(Cc2ccc(CNC(=O)c3c(Cl)cncc3Cl)cc2)C2CCCc3cccnc32)ncn1C. The van der Waals surface area contributed by atoms with Crippen molar-refractivity contribution in [2.24, 2.45) is 7.05 Å². The highest BCUT2D eigenvalue weighted by Crippen LogP contribution is 2.35. The third kappa shape index (κ3) is 5.75. The Labute approximate surface area is 232 Å². The molecule has 0 saturated heterocycles. The molecule has 1 atom stereocenters. The van der Waals surface area contributed by atoms with Crippen molar-refractivity contribution in [1.29, 1.82) is 0 Å². The zero-order chi connectivity index (χ0) is 26.6. The Morgan fingerprint density at radius 1 is 1.08 bits per heavy atom. The van der Waals surface area contributed by atoms with E-state index in [0.29, 0.717) is 6.54 Å². The van der Waals surface area contributed by atoms with Gasteiger partial charge in [0.1, 0.15) is 0 Å². The van der Waals surface area contributed by atoms with Crippen LogP contribution in [0.5, 0.6) is 0 Å². The Balaban J connectivity index is 1.32. The molecular weight excluding hydrogens is 519 g/mol. The molecule has 4 aromatic rings. The first-order valence-corrected chi connectivity index (χ1v) is 13.5. The minimum atomic E-state index is -0.327. The quantitative estimate of drug-likeness (QED) is 0.299. The minimum absolute atomic E-state index is 0.229. The Morgan fingerprint density at radius 2 is 1.82 bits per heavy atom. The number of carbonyl (C=O) groups is 1. The first kappa shape index (κ1) is 26.4. The van der Waals surface area contributed by atoms with E-state index in [4.69, 9.17) is 28.2 Å². The summed E-state index contributed by atoms with van der Waals surface area (Å²) >= 11 is 12.2. The first-order valence-electron chi connectivity index (χ1n) is 12.7. The minimum Gasteiger partial charge on any atom is -0.348 e. The molecule has 1 N–H and O–H groups in total. The van der Waals surface area contributed by atoms with Crippen LogP contribution in [0.25, 0.3) is 0 Å². The summed E-state index contributed by atoms with van der Waals surface area (Å²) in [5.74, 6) is -0.327. The van der Waals surface area contributed by atoms with E-state index in [-0.39, 0.29) is 27.6 Å². The van der Waals surface area contributed by atoms with Crippen molar-refractivity contribution in [2.45, 2.75) is 51.9 Å². The van der Waals surface area contributed by atoms with Crippen LogP contribution in [0.3, 0.4) is 0 Å². The molecule has 38 heavy (non-hydrogen) atoms. The van der Waals surface area contributed by atoms with Gasteiger partial charge in [0.15, 0.2) is 0 Å². The molecule has 1 aliphatic rings. The number of nitrogens with one attached hydrogen (secondary N) is 1. The van der Waals surface area contributed by atoms with Crippen LogP contribution in [0.4, 0.5) is 0 Å². The van der Waals surface area contributed by atoms with E-state index in [1.54, 1.807) is 0 Å². The van der Waals surface area contributed by atoms with E-state index in [9.17, 15) is 4.79 Å². The second-order valence-corrected chi connectivity index (χ2v) is 10.5. The van der Waals surface area contributed by atoms with Crippen LogP contribution in [0, 0.1) is 6.92 Å². The number of aryl methyl sites for hydroxylation is 2. The van der Waals surface area contributed by atoms with Gasteiger partial charge in [0.2, 0.25) is 0 Å². The lowest BCUT2D eigenvalue weighted by atomic mass is 9.90. The van der Waals surface area contributed by atoms with Crippen LogP contribution in [0.15, 0.2) is 61.3 Å². The number of nitrogens with zero attached hydrogens (tertiary/aromatic N) is 5. The summed E-state index contributed by atoms with van der Waals surface area (Å²) in [6, 6.07) is 12.8. The van der Waals surface area contributed by atoms with E-state index in [1.807, 2.05) is 37.8 Å². The first-order chi connectivity index (χ1) is 18.4. The van der Waals surface area contributed by atoms with Gasteiger partial charge >= 0.3 is 0 Å². The van der Waals surface area contributed by atoms with Gasteiger partial charge in [0, 0.05) is 51.0 Å². The molecule has 0 aliphatic heterocycles. The molecule has 0 bridgehead atoms. The van der Waals surface area contributed by atoms with Crippen molar-refractivity contribution >= 4 is 29.1 Å². The number of aromatic nitrogens is 4. The van der Waals surface area contributed by atoms with Gasteiger partial charge in [0.05, 0.1) is 39.4 Å². The second kappa shape index (κ2) is 11.6. The van der Waals surface area contributed by atoms with Crippen molar-refractivity contribution in [3.05, 3.63) is 111 Å². The fraction of sp³-hybridized carbons (Fsp3) is 0.310. The molecule has 3 aromatic heterocycles. The molecule has 1 unspecified atom stereocenters. The number of hydrogen-bond acceptors (Lipinski definition) is 5. The summed E-state index contributed by atoms with van der Waals surface area (Å²) in [6.45, 7) is 4.00. The highest BCUT2D eigenvalue weighted by atomic mass is 35.5. The van der Waals surface area contributed by atoms with Crippen molar-refractivity contribution in [3.8, 4) is 0 Å². The molecule has 1 aromatic carbocycles. The number of halogens is 2. The summed E-state index contributed by atoms with van der Waals surface area (Å²) in [7, 11) is 2.03. The predicted molar refractivity (Wildman–Crippen MR) is 149 cm³/mol. The van der Waals surface area contributed by atoms with Crippen molar-refractivity contribution in [1.82, 2.24) is 29.7 Å². The van der Waals surface area contributed by atoms with Gasteiger partial charge in [0.25, 0.3) is 5.91 Å².